The van der Waals surface area contributed by atoms with E-state index >= 15 is 0 Å². The lowest BCUT2D eigenvalue weighted by atomic mass is 10.1. The second kappa shape index (κ2) is 6.65. The molecular weight excluding hydrogens is 276 g/mol. The summed E-state index contributed by atoms with van der Waals surface area (Å²) in [7, 11) is 0. The molecule has 2 N–H and O–H groups in total. The van der Waals surface area contributed by atoms with Crippen LogP contribution in [0.25, 0.3) is 0 Å². The lowest BCUT2D eigenvalue weighted by molar-refractivity contribution is -0.137. The minimum absolute atomic E-state index is 0.0122. The molecule has 0 bridgehead atoms. The minimum atomic E-state index is -0.862. The average molecular weight is 294 g/mol. The summed E-state index contributed by atoms with van der Waals surface area (Å²) in [6.07, 6.45) is 3.60. The quantitative estimate of drug-likeness (QED) is 0.838. The van der Waals surface area contributed by atoms with Gasteiger partial charge in [0.15, 0.2) is 0 Å². The zero-order chi connectivity index (χ0) is 14.5. The molecule has 0 spiro atoms. The smallest absolute Gasteiger partial charge is 0.322 e. The molecule has 6 heteroatoms. The van der Waals surface area contributed by atoms with E-state index in [1.54, 1.807) is 16.7 Å². The minimum Gasteiger partial charge on any atom is -0.481 e. The van der Waals surface area contributed by atoms with Crippen LogP contribution in [-0.4, -0.2) is 40.8 Å². The fourth-order valence-corrected chi connectivity index (χ4v) is 2.87. The van der Waals surface area contributed by atoms with Crippen LogP contribution in [0.5, 0.6) is 0 Å². The first kappa shape index (κ1) is 14.7. The number of thioether (sulfide) groups is 1. The number of hydrogen-bond donors (Lipinski definition) is 2. The maximum atomic E-state index is 12.2. The zero-order valence-electron chi connectivity index (χ0n) is 11.3. The Labute approximate surface area is 122 Å². The van der Waals surface area contributed by atoms with Gasteiger partial charge in [-0.15, -0.1) is 11.8 Å². The number of anilines is 1. The highest BCUT2D eigenvalue weighted by Crippen LogP contribution is 2.23. The molecule has 2 rings (SSSR count). The summed E-state index contributed by atoms with van der Waals surface area (Å²) in [5.41, 5.74) is 0.739. The molecule has 5 nitrogen and oxygen atoms in total. The number of benzene rings is 1. The van der Waals surface area contributed by atoms with Crippen LogP contribution in [0, 0.1) is 0 Å². The summed E-state index contributed by atoms with van der Waals surface area (Å²) in [4.78, 5) is 25.7. The van der Waals surface area contributed by atoms with E-state index in [0.717, 1.165) is 23.4 Å². The number of hydrogen-bond acceptors (Lipinski definition) is 3. The Morgan fingerprint density at radius 2 is 2.30 bits per heavy atom. The van der Waals surface area contributed by atoms with Gasteiger partial charge in [-0.2, -0.15) is 0 Å². The number of carboxylic acids is 1. The van der Waals surface area contributed by atoms with Gasteiger partial charge in [-0.3, -0.25) is 4.79 Å². The predicted octanol–water partition coefficient (Wildman–Crippen LogP) is 2.88. The molecule has 2 amide bonds. The van der Waals surface area contributed by atoms with Gasteiger partial charge in [0.05, 0.1) is 6.42 Å². The van der Waals surface area contributed by atoms with Crippen molar-refractivity contribution in [3.05, 3.63) is 24.3 Å². The second-order valence-corrected chi connectivity index (χ2v) is 5.63. The molecule has 0 saturated carbocycles. The number of carboxylic acid groups (broad SMARTS) is 1. The molecule has 0 aromatic heterocycles. The highest BCUT2D eigenvalue weighted by Gasteiger charge is 2.30. The molecule has 1 saturated heterocycles. The Kier molecular flexibility index (Phi) is 4.89. The molecular formula is C14H18N2O3S. The van der Waals surface area contributed by atoms with Gasteiger partial charge in [-0.25, -0.2) is 4.79 Å². The van der Waals surface area contributed by atoms with Gasteiger partial charge in [-0.05, 0) is 37.3 Å². The average Bonchev–Trinajstić information content (AvgIpc) is 2.86. The Morgan fingerprint density at radius 3 is 3.00 bits per heavy atom. The first-order chi connectivity index (χ1) is 9.60. The Balaban J connectivity index is 2.01. The third-order valence-electron chi connectivity index (χ3n) is 3.37. The Hall–Kier alpha value is -1.69. The van der Waals surface area contributed by atoms with Crippen molar-refractivity contribution in [3.8, 4) is 0 Å². The molecule has 1 aliphatic heterocycles. The van der Waals surface area contributed by atoms with E-state index in [2.05, 4.69) is 5.32 Å². The van der Waals surface area contributed by atoms with Crippen LogP contribution in [0.2, 0.25) is 0 Å². The molecule has 1 aromatic carbocycles. The summed E-state index contributed by atoms with van der Waals surface area (Å²) in [6.45, 7) is 0.617. The van der Waals surface area contributed by atoms with E-state index in [9.17, 15) is 9.59 Å². The lowest BCUT2D eigenvalue weighted by Crippen LogP contribution is -2.39. The van der Waals surface area contributed by atoms with E-state index in [-0.39, 0.29) is 18.5 Å². The van der Waals surface area contributed by atoms with Gasteiger partial charge < -0.3 is 15.3 Å². The Bertz CT molecular complexity index is 507. The molecule has 1 fully saturated rings. The van der Waals surface area contributed by atoms with E-state index in [0.29, 0.717) is 6.54 Å². The number of carbonyl (C=O) groups excluding carboxylic acids is 1. The molecule has 1 heterocycles. The fourth-order valence-electron chi connectivity index (χ4n) is 2.41. The van der Waals surface area contributed by atoms with Crippen molar-refractivity contribution in [2.75, 3.05) is 18.1 Å². The number of rotatable bonds is 4. The van der Waals surface area contributed by atoms with Crippen molar-refractivity contribution in [2.24, 2.45) is 0 Å². The summed E-state index contributed by atoms with van der Waals surface area (Å²) >= 11 is 1.61. The van der Waals surface area contributed by atoms with Crippen molar-refractivity contribution in [1.82, 2.24) is 4.90 Å². The fraction of sp³-hybridized carbons (Fsp3) is 0.429. The number of urea groups is 1. The molecule has 1 unspecified atom stereocenters. The van der Waals surface area contributed by atoms with E-state index in [4.69, 9.17) is 5.11 Å². The third kappa shape index (κ3) is 3.66. The van der Waals surface area contributed by atoms with Gasteiger partial charge in [0.2, 0.25) is 0 Å². The van der Waals surface area contributed by atoms with Crippen molar-refractivity contribution < 1.29 is 14.7 Å². The van der Waals surface area contributed by atoms with Crippen molar-refractivity contribution >= 4 is 29.4 Å². The number of nitrogens with zero attached hydrogens (tertiary/aromatic N) is 1. The first-order valence-corrected chi connectivity index (χ1v) is 7.76. The molecule has 0 radical (unpaired) electrons. The summed E-state index contributed by atoms with van der Waals surface area (Å²) < 4.78 is 0. The zero-order valence-corrected chi connectivity index (χ0v) is 12.2. The van der Waals surface area contributed by atoms with Crippen molar-refractivity contribution in [2.45, 2.75) is 30.2 Å². The van der Waals surface area contributed by atoms with Crippen LogP contribution in [0.4, 0.5) is 10.5 Å². The number of likely N-dealkylation sites (tertiary alicyclic amines) is 1. The monoisotopic (exact) mass is 294 g/mol. The van der Waals surface area contributed by atoms with Crippen LogP contribution < -0.4 is 5.32 Å². The summed E-state index contributed by atoms with van der Waals surface area (Å²) in [6, 6.07) is 7.19. The lowest BCUT2D eigenvalue weighted by Gasteiger charge is -2.23. The van der Waals surface area contributed by atoms with Crippen LogP contribution in [0.15, 0.2) is 29.2 Å². The largest absolute Gasteiger partial charge is 0.481 e. The summed E-state index contributed by atoms with van der Waals surface area (Å²) in [5, 5.41) is 11.7. The third-order valence-corrected chi connectivity index (χ3v) is 4.09. The van der Waals surface area contributed by atoms with Gasteiger partial charge in [0.1, 0.15) is 0 Å². The number of carbonyl (C=O) groups is 2. The number of amides is 2. The molecule has 1 aliphatic rings. The SMILES string of the molecule is CSc1cccc(NC(=O)N2CCCC2CC(=O)O)c1. The van der Waals surface area contributed by atoms with Crippen molar-refractivity contribution in [1.29, 1.82) is 0 Å². The van der Waals surface area contributed by atoms with Crippen LogP contribution in [-0.2, 0) is 4.79 Å². The normalized spacial score (nSPS) is 18.1. The van der Waals surface area contributed by atoms with Crippen LogP contribution >= 0.6 is 11.8 Å². The van der Waals surface area contributed by atoms with Gasteiger partial charge in [0, 0.05) is 23.2 Å². The highest BCUT2D eigenvalue weighted by molar-refractivity contribution is 7.98. The maximum absolute atomic E-state index is 12.2. The Morgan fingerprint density at radius 1 is 1.50 bits per heavy atom. The molecule has 1 aromatic rings. The van der Waals surface area contributed by atoms with Gasteiger partial charge >= 0.3 is 12.0 Å². The topological polar surface area (TPSA) is 69.6 Å². The summed E-state index contributed by atoms with van der Waals surface area (Å²) in [5.74, 6) is -0.862. The van der Waals surface area contributed by atoms with E-state index in [1.807, 2.05) is 30.5 Å². The van der Waals surface area contributed by atoms with Crippen molar-refractivity contribution in [3.63, 3.8) is 0 Å². The van der Waals surface area contributed by atoms with Gasteiger partial charge in [0.25, 0.3) is 0 Å². The number of aliphatic carboxylic acids is 1. The van der Waals surface area contributed by atoms with Crippen LogP contribution in [0.3, 0.4) is 0 Å². The molecule has 20 heavy (non-hydrogen) atoms. The molecule has 108 valence electrons. The van der Waals surface area contributed by atoms with E-state index in [1.165, 1.54) is 0 Å². The highest BCUT2D eigenvalue weighted by atomic mass is 32.2. The van der Waals surface area contributed by atoms with Gasteiger partial charge in [-0.1, -0.05) is 6.07 Å². The first-order valence-electron chi connectivity index (χ1n) is 6.53. The number of nitrogens with one attached hydrogen (secondary N) is 1. The maximum Gasteiger partial charge on any atom is 0.322 e. The second-order valence-electron chi connectivity index (χ2n) is 4.75. The van der Waals surface area contributed by atoms with E-state index < -0.39 is 5.97 Å². The van der Waals surface area contributed by atoms with Crippen LogP contribution in [0.1, 0.15) is 19.3 Å². The predicted molar refractivity (Wildman–Crippen MR) is 79.2 cm³/mol. The molecule has 1 atom stereocenters. The standard InChI is InChI=1S/C14H18N2O3S/c1-20-12-6-2-4-10(8-12)15-14(19)16-7-3-5-11(16)9-13(17)18/h2,4,6,8,11H,3,5,7,9H2,1H3,(H,15,19)(H,17,18). The molecule has 0 aliphatic carbocycles.